The summed E-state index contributed by atoms with van der Waals surface area (Å²) in [6, 6.07) is 15.1. The van der Waals surface area contributed by atoms with Crippen molar-refractivity contribution in [2.24, 2.45) is 0 Å². The van der Waals surface area contributed by atoms with Gasteiger partial charge in [-0.2, -0.15) is 0 Å². The summed E-state index contributed by atoms with van der Waals surface area (Å²) in [4.78, 5) is 5.13. The molecule has 0 aliphatic rings. The minimum Gasteiger partial charge on any atom is -0.330 e. The lowest BCUT2D eigenvalue weighted by Crippen LogP contribution is -2.32. The first-order valence-electron chi connectivity index (χ1n) is 7.49. The molecule has 0 radical (unpaired) electrons. The van der Waals surface area contributed by atoms with Crippen molar-refractivity contribution >= 4 is 46.6 Å². The molecule has 0 amide bonds. The van der Waals surface area contributed by atoms with Gasteiger partial charge in [-0.1, -0.05) is 58.7 Å². The molecule has 0 N–H and O–H groups in total. The van der Waals surface area contributed by atoms with Gasteiger partial charge in [-0.15, -0.1) is 0 Å². The van der Waals surface area contributed by atoms with Crippen LogP contribution in [0.5, 0.6) is 0 Å². The molecule has 0 saturated heterocycles. The number of ether oxygens (including phenoxy) is 1. The lowest BCUT2D eigenvalue weighted by Gasteiger charge is -2.28. The van der Waals surface area contributed by atoms with Crippen LogP contribution in [0.4, 0.5) is 0 Å². The van der Waals surface area contributed by atoms with Crippen molar-refractivity contribution in [3.8, 4) is 0 Å². The highest BCUT2D eigenvalue weighted by atomic mass is 35.5. The van der Waals surface area contributed by atoms with Crippen molar-refractivity contribution in [1.82, 2.24) is 9.55 Å². The Labute approximate surface area is 165 Å². The largest absolute Gasteiger partial charge is 0.330 e. The maximum atomic E-state index is 6.81. The molecule has 3 nitrogen and oxygen atoms in total. The van der Waals surface area contributed by atoms with Gasteiger partial charge in [0.2, 0.25) is 5.18 Å². The average molecular weight is 414 g/mol. The van der Waals surface area contributed by atoms with Crippen LogP contribution in [0.15, 0.2) is 72.1 Å². The van der Waals surface area contributed by atoms with Gasteiger partial charge in [-0.25, -0.2) is 4.98 Å². The molecule has 3 rings (SSSR count). The predicted octanol–water partition coefficient (Wildman–Crippen LogP) is 6.05. The van der Waals surface area contributed by atoms with Gasteiger partial charge in [0, 0.05) is 33.8 Å². The van der Waals surface area contributed by atoms with Crippen LogP contribution in [-0.4, -0.2) is 15.5 Å². The molecule has 0 aliphatic carbocycles. The summed E-state index contributed by atoms with van der Waals surface area (Å²) in [6.07, 6.45) is 5.59. The average Bonchev–Trinajstić information content (AvgIpc) is 3.14. The van der Waals surface area contributed by atoms with E-state index in [-0.39, 0.29) is 0 Å². The second kappa shape index (κ2) is 8.47. The number of rotatable bonds is 7. The summed E-state index contributed by atoms with van der Waals surface area (Å²) in [6.45, 7) is 0. The van der Waals surface area contributed by atoms with Crippen LogP contribution < -0.4 is 0 Å². The molecule has 0 aliphatic heterocycles. The minimum absolute atomic E-state index is 0.386. The highest BCUT2D eigenvalue weighted by Gasteiger charge is 2.30. The summed E-state index contributed by atoms with van der Waals surface area (Å²) in [5, 5.41) is 0.327. The molecule has 1 aromatic heterocycles. The van der Waals surface area contributed by atoms with E-state index in [1.807, 2.05) is 48.5 Å². The van der Waals surface area contributed by atoms with Crippen LogP contribution in [0.1, 0.15) is 5.56 Å². The van der Waals surface area contributed by atoms with Gasteiger partial charge in [0.05, 0.1) is 6.33 Å². The van der Waals surface area contributed by atoms with Crippen molar-refractivity contribution < 1.29 is 4.74 Å². The van der Waals surface area contributed by atoms with Gasteiger partial charge in [-0.05, 0) is 42.0 Å². The molecule has 0 saturated carbocycles. The van der Waals surface area contributed by atoms with Gasteiger partial charge < -0.3 is 4.74 Å². The van der Waals surface area contributed by atoms with Crippen LogP contribution in [0.3, 0.4) is 0 Å². The Morgan fingerprint density at radius 1 is 1.00 bits per heavy atom. The zero-order chi connectivity index (χ0) is 17.7. The molecule has 25 heavy (non-hydrogen) atoms. The van der Waals surface area contributed by atoms with E-state index >= 15 is 0 Å². The summed E-state index contributed by atoms with van der Waals surface area (Å²) in [5.41, 5.74) is 1.02. The molecule has 3 aromatic rings. The number of benzene rings is 2. The third-order valence-corrected chi connectivity index (χ3v) is 5.33. The van der Waals surface area contributed by atoms with Crippen molar-refractivity contribution in [1.29, 1.82) is 0 Å². The topological polar surface area (TPSA) is 27.1 Å². The highest BCUT2D eigenvalue weighted by molar-refractivity contribution is 7.99. The Balaban J connectivity index is 1.70. The van der Waals surface area contributed by atoms with Crippen LogP contribution >= 0.6 is 46.6 Å². The predicted molar refractivity (Wildman–Crippen MR) is 104 cm³/mol. The van der Waals surface area contributed by atoms with E-state index in [9.17, 15) is 0 Å². The molecular formula is C18H15Cl3N2OS. The lowest BCUT2D eigenvalue weighted by atomic mass is 10.1. The summed E-state index contributed by atoms with van der Waals surface area (Å²) in [7, 11) is 0. The van der Waals surface area contributed by atoms with Crippen molar-refractivity contribution in [2.45, 2.75) is 16.5 Å². The standard InChI is InChI=1S/C18H15Cl3N2OS/c19-15-3-1-14(2-4-15)11-18(21,23-10-9-22-12-23)24-13-25-17-7-5-16(20)6-8-17/h1-10,12H,11,13H2. The Kier molecular flexibility index (Phi) is 6.31. The monoisotopic (exact) mass is 412 g/mol. The normalized spacial score (nSPS) is 13.6. The van der Waals surface area contributed by atoms with E-state index in [2.05, 4.69) is 4.98 Å². The number of imidazole rings is 1. The van der Waals surface area contributed by atoms with Crippen LogP contribution in [0.25, 0.3) is 0 Å². The van der Waals surface area contributed by atoms with E-state index in [4.69, 9.17) is 39.5 Å². The fourth-order valence-electron chi connectivity index (χ4n) is 2.25. The fraction of sp³-hybridized carbons (Fsp3) is 0.167. The van der Waals surface area contributed by atoms with Crippen molar-refractivity contribution in [2.75, 3.05) is 5.94 Å². The van der Waals surface area contributed by atoms with Crippen LogP contribution in [0.2, 0.25) is 10.0 Å². The number of thioether (sulfide) groups is 1. The number of hydrogen-bond donors (Lipinski definition) is 0. The number of halogens is 3. The van der Waals surface area contributed by atoms with E-state index in [0.717, 1.165) is 10.5 Å². The Bertz CT molecular complexity index is 794. The lowest BCUT2D eigenvalue weighted by molar-refractivity contribution is -0.00993. The van der Waals surface area contributed by atoms with Crippen LogP contribution in [-0.2, 0) is 16.3 Å². The minimum atomic E-state index is -1.07. The Morgan fingerprint density at radius 2 is 1.64 bits per heavy atom. The fourth-order valence-corrected chi connectivity index (χ4v) is 3.59. The SMILES string of the molecule is Clc1ccc(CC(Cl)(OCSc2ccc(Cl)cc2)n2ccnc2)cc1. The van der Waals surface area contributed by atoms with E-state index in [1.54, 1.807) is 35.0 Å². The summed E-state index contributed by atoms with van der Waals surface area (Å²) in [5.74, 6) is 0.386. The second-order valence-corrected chi connectivity index (χ2v) is 7.78. The molecule has 1 heterocycles. The smallest absolute Gasteiger partial charge is 0.228 e. The van der Waals surface area contributed by atoms with E-state index in [0.29, 0.717) is 22.4 Å². The van der Waals surface area contributed by atoms with Gasteiger partial charge in [0.25, 0.3) is 0 Å². The maximum Gasteiger partial charge on any atom is 0.228 e. The third-order valence-electron chi connectivity index (χ3n) is 3.54. The van der Waals surface area contributed by atoms with Crippen LogP contribution in [0, 0.1) is 0 Å². The molecule has 1 atom stereocenters. The molecule has 0 spiro atoms. The zero-order valence-corrected chi connectivity index (χ0v) is 16.2. The number of nitrogens with zero attached hydrogens (tertiary/aromatic N) is 2. The molecule has 2 aromatic carbocycles. The molecule has 130 valence electrons. The molecule has 1 unspecified atom stereocenters. The number of hydrogen-bond acceptors (Lipinski definition) is 3. The summed E-state index contributed by atoms with van der Waals surface area (Å²) < 4.78 is 7.78. The van der Waals surface area contributed by atoms with Gasteiger partial charge in [0.15, 0.2) is 0 Å². The Hall–Kier alpha value is -1.17. The first-order chi connectivity index (χ1) is 12.0. The molecule has 0 bridgehead atoms. The quantitative estimate of drug-likeness (QED) is 0.268. The molecule has 7 heteroatoms. The highest BCUT2D eigenvalue weighted by Crippen LogP contribution is 2.32. The molecular weight excluding hydrogens is 399 g/mol. The number of aromatic nitrogens is 2. The first kappa shape index (κ1) is 18.6. The van der Waals surface area contributed by atoms with Crippen molar-refractivity contribution in [3.05, 3.63) is 82.9 Å². The molecule has 0 fully saturated rings. The summed E-state index contributed by atoms with van der Waals surface area (Å²) >= 11 is 20.2. The first-order valence-corrected chi connectivity index (χ1v) is 9.61. The Morgan fingerprint density at radius 3 is 2.24 bits per heavy atom. The van der Waals surface area contributed by atoms with Gasteiger partial charge in [-0.3, -0.25) is 4.57 Å². The van der Waals surface area contributed by atoms with E-state index in [1.165, 1.54) is 0 Å². The van der Waals surface area contributed by atoms with Gasteiger partial charge >= 0.3 is 0 Å². The second-order valence-electron chi connectivity index (χ2n) is 5.32. The van der Waals surface area contributed by atoms with E-state index < -0.39 is 5.18 Å². The maximum absolute atomic E-state index is 6.81. The third kappa shape index (κ3) is 5.16. The van der Waals surface area contributed by atoms with Crippen molar-refractivity contribution in [3.63, 3.8) is 0 Å². The zero-order valence-electron chi connectivity index (χ0n) is 13.1. The number of alkyl halides is 1. The van der Waals surface area contributed by atoms with Gasteiger partial charge in [0.1, 0.15) is 5.94 Å².